The van der Waals surface area contributed by atoms with Crippen molar-refractivity contribution in [3.8, 4) is 0 Å². The molecule has 1 heteroatoms. The summed E-state index contributed by atoms with van der Waals surface area (Å²) in [6.07, 6.45) is 8.71. The number of hydrogen-bond donors (Lipinski definition) is 0. The van der Waals surface area contributed by atoms with Crippen LogP contribution in [0.2, 0.25) is 0 Å². The van der Waals surface area contributed by atoms with Gasteiger partial charge in [-0.3, -0.25) is 4.99 Å². The third kappa shape index (κ3) is 3.91. The minimum absolute atomic E-state index is 1.01. The Balaban J connectivity index is 4.54. The molecule has 0 rings (SSSR count). The number of aliphatic imine (C=N–C) groups is 1. The van der Waals surface area contributed by atoms with E-state index in [0.29, 0.717) is 0 Å². The first kappa shape index (κ1) is 10.9. The second kappa shape index (κ2) is 6.59. The first-order valence-electron chi connectivity index (χ1n) is 4.23. The van der Waals surface area contributed by atoms with Crippen LogP contribution in [0.4, 0.5) is 0 Å². The van der Waals surface area contributed by atoms with Crippen molar-refractivity contribution in [2.45, 2.75) is 27.2 Å². The summed E-state index contributed by atoms with van der Waals surface area (Å²) >= 11 is 0. The van der Waals surface area contributed by atoms with E-state index in [0.717, 1.165) is 12.1 Å². The van der Waals surface area contributed by atoms with Crippen molar-refractivity contribution in [1.82, 2.24) is 0 Å². The summed E-state index contributed by atoms with van der Waals surface area (Å²) in [5, 5.41) is 0. The molecule has 0 aromatic heterocycles. The van der Waals surface area contributed by atoms with Gasteiger partial charge in [-0.05, 0) is 25.8 Å². The topological polar surface area (TPSA) is 12.4 Å². The minimum Gasteiger partial charge on any atom is -0.262 e. The quantitative estimate of drug-likeness (QED) is 0.444. The van der Waals surface area contributed by atoms with Gasteiger partial charge in [0.1, 0.15) is 0 Å². The third-order valence-corrected chi connectivity index (χ3v) is 1.62. The Morgan fingerprint density at radius 2 is 2.17 bits per heavy atom. The summed E-state index contributed by atoms with van der Waals surface area (Å²) in [4.78, 5) is 4.13. The molecule has 0 bridgehead atoms. The Hall–Kier alpha value is -1.11. The highest BCUT2D eigenvalue weighted by atomic mass is 14.7. The molecule has 0 fully saturated rings. The van der Waals surface area contributed by atoms with Crippen LogP contribution in [0.3, 0.4) is 0 Å². The largest absolute Gasteiger partial charge is 0.262 e. The first-order valence-corrected chi connectivity index (χ1v) is 4.23. The van der Waals surface area contributed by atoms with Gasteiger partial charge >= 0.3 is 0 Å². The molecule has 0 aliphatic carbocycles. The van der Waals surface area contributed by atoms with Crippen molar-refractivity contribution in [2.24, 2.45) is 4.99 Å². The van der Waals surface area contributed by atoms with Gasteiger partial charge in [-0.15, -0.1) is 0 Å². The standard InChI is InChI=1S/C11H17N/c1-5-8-9-11(6-2)10(4)12-7-3/h5,7-9H,3,6H2,1-2,4H3/b8-5-,11-9+,12-10?. The molecule has 0 aliphatic heterocycles. The number of nitrogens with zero attached hydrogens (tertiary/aromatic N) is 1. The molecular formula is C11H17N. The molecule has 0 aromatic rings. The maximum Gasteiger partial charge on any atom is 0.0404 e. The summed E-state index contributed by atoms with van der Waals surface area (Å²) in [5.74, 6) is 0. The minimum atomic E-state index is 1.01. The normalized spacial score (nSPS) is 13.9. The highest BCUT2D eigenvalue weighted by Crippen LogP contribution is 2.04. The van der Waals surface area contributed by atoms with Gasteiger partial charge in [0, 0.05) is 11.9 Å². The first-order chi connectivity index (χ1) is 5.76. The zero-order valence-electron chi connectivity index (χ0n) is 8.17. The van der Waals surface area contributed by atoms with E-state index in [-0.39, 0.29) is 0 Å². The van der Waals surface area contributed by atoms with Gasteiger partial charge < -0.3 is 0 Å². The van der Waals surface area contributed by atoms with Gasteiger partial charge in [-0.1, -0.05) is 31.7 Å². The average Bonchev–Trinajstić information content (AvgIpc) is 2.06. The van der Waals surface area contributed by atoms with Crippen LogP contribution in [0, 0.1) is 0 Å². The maximum atomic E-state index is 4.13. The van der Waals surface area contributed by atoms with E-state index < -0.39 is 0 Å². The molecule has 0 spiro atoms. The second-order valence-corrected chi connectivity index (χ2v) is 2.47. The predicted molar refractivity (Wildman–Crippen MR) is 56.5 cm³/mol. The van der Waals surface area contributed by atoms with E-state index in [1.807, 2.05) is 26.0 Å². The predicted octanol–water partition coefficient (Wildman–Crippen LogP) is 3.50. The van der Waals surface area contributed by atoms with Gasteiger partial charge in [0.15, 0.2) is 0 Å². The summed E-state index contributed by atoms with van der Waals surface area (Å²) < 4.78 is 0. The molecule has 66 valence electrons. The van der Waals surface area contributed by atoms with Gasteiger partial charge in [-0.25, -0.2) is 0 Å². The molecule has 0 saturated carbocycles. The van der Waals surface area contributed by atoms with Crippen molar-refractivity contribution in [1.29, 1.82) is 0 Å². The average molecular weight is 163 g/mol. The van der Waals surface area contributed by atoms with E-state index >= 15 is 0 Å². The highest BCUT2D eigenvalue weighted by Gasteiger charge is 1.94. The van der Waals surface area contributed by atoms with Crippen LogP contribution in [0.5, 0.6) is 0 Å². The SMILES string of the molecule is C=CN=C(C)/C(=C/C=C\C)CC. The summed E-state index contributed by atoms with van der Waals surface area (Å²) in [6.45, 7) is 9.69. The molecule has 0 atom stereocenters. The molecule has 0 N–H and O–H groups in total. The molecule has 0 aromatic carbocycles. The Morgan fingerprint density at radius 1 is 1.50 bits per heavy atom. The van der Waals surface area contributed by atoms with Crippen molar-refractivity contribution in [3.63, 3.8) is 0 Å². The molecule has 0 saturated heterocycles. The zero-order chi connectivity index (χ0) is 9.40. The van der Waals surface area contributed by atoms with Crippen LogP contribution in [0.1, 0.15) is 27.2 Å². The second-order valence-electron chi connectivity index (χ2n) is 2.47. The van der Waals surface area contributed by atoms with E-state index in [1.54, 1.807) is 6.20 Å². The highest BCUT2D eigenvalue weighted by molar-refractivity contribution is 5.98. The molecule has 1 nitrogen and oxygen atoms in total. The van der Waals surface area contributed by atoms with Crippen molar-refractivity contribution < 1.29 is 0 Å². The summed E-state index contributed by atoms with van der Waals surface area (Å²) in [7, 11) is 0. The van der Waals surface area contributed by atoms with Crippen LogP contribution in [-0.4, -0.2) is 5.71 Å². The van der Waals surface area contributed by atoms with Gasteiger partial charge in [0.2, 0.25) is 0 Å². The Labute approximate surface area is 75.2 Å². The van der Waals surface area contributed by atoms with Crippen LogP contribution >= 0.6 is 0 Å². The van der Waals surface area contributed by atoms with Gasteiger partial charge in [0.25, 0.3) is 0 Å². The lowest BCUT2D eigenvalue weighted by atomic mass is 10.1. The fourth-order valence-electron chi connectivity index (χ4n) is 0.927. The molecule has 0 aliphatic rings. The van der Waals surface area contributed by atoms with E-state index in [2.05, 4.69) is 24.6 Å². The van der Waals surface area contributed by atoms with Crippen LogP contribution in [0.15, 0.2) is 41.6 Å². The van der Waals surface area contributed by atoms with Gasteiger partial charge in [0.05, 0.1) is 0 Å². The lowest BCUT2D eigenvalue weighted by Gasteiger charge is -2.00. The third-order valence-electron chi connectivity index (χ3n) is 1.62. The molecule has 0 radical (unpaired) electrons. The molecule has 0 amide bonds. The Morgan fingerprint density at radius 3 is 2.58 bits per heavy atom. The van der Waals surface area contributed by atoms with E-state index in [1.165, 1.54) is 5.57 Å². The summed E-state index contributed by atoms with van der Waals surface area (Å²) in [5.41, 5.74) is 2.30. The van der Waals surface area contributed by atoms with Crippen molar-refractivity contribution in [2.75, 3.05) is 0 Å². The Bertz CT molecular complexity index is 219. The molecule has 12 heavy (non-hydrogen) atoms. The van der Waals surface area contributed by atoms with Gasteiger partial charge in [-0.2, -0.15) is 0 Å². The van der Waals surface area contributed by atoms with Crippen LogP contribution in [0.25, 0.3) is 0 Å². The van der Waals surface area contributed by atoms with Crippen LogP contribution < -0.4 is 0 Å². The van der Waals surface area contributed by atoms with E-state index in [4.69, 9.17) is 0 Å². The maximum absolute atomic E-state index is 4.13. The lowest BCUT2D eigenvalue weighted by molar-refractivity contribution is 1.16. The van der Waals surface area contributed by atoms with Crippen molar-refractivity contribution >= 4 is 5.71 Å². The zero-order valence-corrected chi connectivity index (χ0v) is 8.17. The van der Waals surface area contributed by atoms with E-state index in [9.17, 15) is 0 Å². The lowest BCUT2D eigenvalue weighted by Crippen LogP contribution is -1.94. The van der Waals surface area contributed by atoms with Crippen LogP contribution in [-0.2, 0) is 0 Å². The monoisotopic (exact) mass is 163 g/mol. The number of rotatable bonds is 4. The molecule has 0 unspecified atom stereocenters. The molecular weight excluding hydrogens is 146 g/mol. The fraction of sp³-hybridized carbons (Fsp3) is 0.364. The van der Waals surface area contributed by atoms with Crippen molar-refractivity contribution in [3.05, 3.63) is 36.6 Å². The molecule has 0 heterocycles. The Kier molecular flexibility index (Phi) is 5.98. The smallest absolute Gasteiger partial charge is 0.0404 e. The summed E-state index contributed by atoms with van der Waals surface area (Å²) in [6, 6.07) is 0. The fourth-order valence-corrected chi connectivity index (χ4v) is 0.927. The number of hydrogen-bond acceptors (Lipinski definition) is 1. The number of allylic oxidation sites excluding steroid dienone is 4.